The van der Waals surface area contributed by atoms with Gasteiger partial charge < -0.3 is 10.6 Å². The molecule has 0 aliphatic carbocycles. The second-order valence-electron chi connectivity index (χ2n) is 8.74. The smallest absolute Gasteiger partial charge is 0.256 e. The first kappa shape index (κ1) is 24.6. The molecule has 1 aliphatic heterocycles. The second kappa shape index (κ2) is 10.4. The summed E-state index contributed by atoms with van der Waals surface area (Å²) in [5.41, 5.74) is 2.43. The Kier molecular flexibility index (Phi) is 7.33. The third-order valence-electron chi connectivity index (χ3n) is 6.30. The summed E-state index contributed by atoms with van der Waals surface area (Å²) in [5.74, 6) is -0.731. The molecule has 0 spiro atoms. The second-order valence-corrected chi connectivity index (χ2v) is 10.6. The lowest BCUT2D eigenvalue weighted by atomic mass is 10.1. The van der Waals surface area contributed by atoms with Crippen molar-refractivity contribution in [2.45, 2.75) is 44.0 Å². The van der Waals surface area contributed by atoms with Gasteiger partial charge in [0.2, 0.25) is 10.0 Å². The van der Waals surface area contributed by atoms with Crippen molar-refractivity contribution in [1.82, 2.24) is 4.31 Å². The maximum absolute atomic E-state index is 13.2. The van der Waals surface area contributed by atoms with Crippen molar-refractivity contribution in [3.63, 3.8) is 0 Å². The molecule has 3 aromatic carbocycles. The molecule has 1 unspecified atom stereocenters. The summed E-state index contributed by atoms with van der Waals surface area (Å²) in [6, 6.07) is 20.2. The number of amides is 2. The first-order chi connectivity index (χ1) is 16.8. The summed E-state index contributed by atoms with van der Waals surface area (Å²) in [6.45, 7) is 4.15. The Morgan fingerprint density at radius 3 is 2.37 bits per heavy atom. The van der Waals surface area contributed by atoms with E-state index in [-0.39, 0.29) is 22.4 Å². The maximum atomic E-state index is 13.2. The van der Waals surface area contributed by atoms with Crippen LogP contribution in [0.1, 0.15) is 52.5 Å². The molecule has 0 aromatic heterocycles. The minimum atomic E-state index is -3.70. The van der Waals surface area contributed by atoms with Crippen molar-refractivity contribution in [3.05, 3.63) is 89.5 Å². The van der Waals surface area contributed by atoms with Crippen LogP contribution in [0.5, 0.6) is 0 Å². The molecule has 2 amide bonds. The van der Waals surface area contributed by atoms with Gasteiger partial charge in [0.05, 0.1) is 4.90 Å². The molecule has 1 atom stereocenters. The maximum Gasteiger partial charge on any atom is 0.256 e. The molecule has 3 aromatic rings. The number of nitrogens with one attached hydrogen (secondary N) is 2. The third kappa shape index (κ3) is 5.44. The highest BCUT2D eigenvalue weighted by molar-refractivity contribution is 7.89. The number of nitrogens with zero attached hydrogens (tertiary/aromatic N) is 1. The Morgan fingerprint density at radius 1 is 0.886 bits per heavy atom. The molecule has 1 aliphatic rings. The fraction of sp³-hybridized carbons (Fsp3) is 0.259. The number of anilines is 2. The molecule has 8 heteroatoms. The number of benzene rings is 3. The van der Waals surface area contributed by atoms with Crippen LogP contribution in [0.2, 0.25) is 0 Å². The standard InChI is InChI=1S/C27H29N3O4S/c1-19-10-6-7-17-30(19)35(33,34)23-14-8-11-21(18-23)26(31)29-25-16-9-15-24(20(25)2)27(32)28-22-12-4-3-5-13-22/h3-5,8-9,11-16,18-19H,6-7,10,17H2,1-2H3,(H,28,32)(H,29,31). The summed E-state index contributed by atoms with van der Waals surface area (Å²) >= 11 is 0. The summed E-state index contributed by atoms with van der Waals surface area (Å²) < 4.78 is 27.9. The van der Waals surface area contributed by atoms with E-state index in [9.17, 15) is 18.0 Å². The van der Waals surface area contributed by atoms with Crippen LogP contribution in [0.3, 0.4) is 0 Å². The zero-order chi connectivity index (χ0) is 25.0. The third-order valence-corrected chi connectivity index (χ3v) is 8.31. The van der Waals surface area contributed by atoms with Gasteiger partial charge in [-0.05, 0) is 74.7 Å². The molecule has 35 heavy (non-hydrogen) atoms. The van der Waals surface area contributed by atoms with E-state index in [2.05, 4.69) is 10.6 Å². The van der Waals surface area contributed by atoms with Gasteiger partial charge >= 0.3 is 0 Å². The summed E-state index contributed by atoms with van der Waals surface area (Å²) in [4.78, 5) is 25.9. The average Bonchev–Trinajstić information content (AvgIpc) is 2.86. The lowest BCUT2D eigenvalue weighted by Crippen LogP contribution is -2.41. The van der Waals surface area contributed by atoms with E-state index in [1.165, 1.54) is 16.4 Å². The predicted octanol–water partition coefficient (Wildman–Crippen LogP) is 5.06. The number of sulfonamides is 1. The van der Waals surface area contributed by atoms with Gasteiger partial charge in [0.25, 0.3) is 11.8 Å². The highest BCUT2D eigenvalue weighted by Gasteiger charge is 2.31. The summed E-state index contributed by atoms with van der Waals surface area (Å²) in [5, 5.41) is 5.67. The topological polar surface area (TPSA) is 95.6 Å². The number of rotatable bonds is 6. The van der Waals surface area contributed by atoms with Crippen molar-refractivity contribution in [2.24, 2.45) is 0 Å². The SMILES string of the molecule is Cc1c(NC(=O)c2cccc(S(=O)(=O)N3CCCCC3C)c2)cccc1C(=O)Nc1ccccc1. The van der Waals surface area contributed by atoms with Crippen LogP contribution in [0.15, 0.2) is 77.7 Å². The number of hydrogen-bond donors (Lipinski definition) is 2. The highest BCUT2D eigenvalue weighted by Crippen LogP contribution is 2.26. The predicted molar refractivity (Wildman–Crippen MR) is 137 cm³/mol. The molecule has 0 radical (unpaired) electrons. The number of carbonyl (C=O) groups excluding carboxylic acids is 2. The highest BCUT2D eigenvalue weighted by atomic mass is 32.2. The van der Waals surface area contributed by atoms with Gasteiger partial charge in [-0.3, -0.25) is 9.59 Å². The lowest BCUT2D eigenvalue weighted by molar-refractivity contribution is 0.101. The van der Waals surface area contributed by atoms with Crippen molar-refractivity contribution in [1.29, 1.82) is 0 Å². The van der Waals surface area contributed by atoms with E-state index >= 15 is 0 Å². The van der Waals surface area contributed by atoms with Crippen LogP contribution in [-0.2, 0) is 10.0 Å². The van der Waals surface area contributed by atoms with Crippen molar-refractivity contribution >= 4 is 33.2 Å². The quantitative estimate of drug-likeness (QED) is 0.504. The van der Waals surface area contributed by atoms with E-state index < -0.39 is 15.9 Å². The number of hydrogen-bond acceptors (Lipinski definition) is 4. The van der Waals surface area contributed by atoms with Gasteiger partial charge in [-0.1, -0.05) is 36.8 Å². The fourth-order valence-corrected chi connectivity index (χ4v) is 6.04. The van der Waals surface area contributed by atoms with Crippen LogP contribution < -0.4 is 10.6 Å². The van der Waals surface area contributed by atoms with Crippen LogP contribution in [0.4, 0.5) is 11.4 Å². The summed E-state index contributed by atoms with van der Waals surface area (Å²) in [7, 11) is -3.70. The normalized spacial score (nSPS) is 16.5. The van der Waals surface area contributed by atoms with Gasteiger partial charge in [-0.2, -0.15) is 4.31 Å². The number of para-hydroxylation sites is 1. The zero-order valence-corrected chi connectivity index (χ0v) is 20.6. The fourth-order valence-electron chi connectivity index (χ4n) is 4.29. The average molecular weight is 492 g/mol. The zero-order valence-electron chi connectivity index (χ0n) is 19.8. The Morgan fingerprint density at radius 2 is 1.63 bits per heavy atom. The molecule has 0 bridgehead atoms. The van der Waals surface area contributed by atoms with Gasteiger partial charge in [0.15, 0.2) is 0 Å². The van der Waals surface area contributed by atoms with E-state index in [4.69, 9.17) is 0 Å². The minimum absolute atomic E-state index is 0.0707. The van der Waals surface area contributed by atoms with Crippen LogP contribution in [0, 0.1) is 6.92 Å². The van der Waals surface area contributed by atoms with Gasteiger partial charge in [0, 0.05) is 35.1 Å². The first-order valence-electron chi connectivity index (χ1n) is 11.7. The number of carbonyl (C=O) groups is 2. The molecule has 2 N–H and O–H groups in total. The largest absolute Gasteiger partial charge is 0.322 e. The van der Waals surface area contributed by atoms with E-state index in [1.54, 1.807) is 49.4 Å². The lowest BCUT2D eigenvalue weighted by Gasteiger charge is -2.32. The molecular weight excluding hydrogens is 462 g/mol. The van der Waals surface area contributed by atoms with Gasteiger partial charge in [-0.25, -0.2) is 8.42 Å². The molecule has 1 saturated heterocycles. The molecule has 7 nitrogen and oxygen atoms in total. The molecule has 4 rings (SSSR count). The van der Waals surface area contributed by atoms with E-state index in [0.717, 1.165) is 19.3 Å². The minimum Gasteiger partial charge on any atom is -0.322 e. The monoisotopic (exact) mass is 491 g/mol. The van der Waals surface area contributed by atoms with E-state index in [0.29, 0.717) is 29.0 Å². The molecule has 182 valence electrons. The van der Waals surface area contributed by atoms with Crippen LogP contribution in [-0.4, -0.2) is 37.1 Å². The Labute approximate surface area is 206 Å². The molecule has 0 saturated carbocycles. The number of piperidine rings is 1. The van der Waals surface area contributed by atoms with Gasteiger partial charge in [-0.15, -0.1) is 0 Å². The van der Waals surface area contributed by atoms with Gasteiger partial charge in [0.1, 0.15) is 0 Å². The van der Waals surface area contributed by atoms with E-state index in [1.807, 2.05) is 25.1 Å². The Bertz CT molecular complexity index is 1340. The molecule has 1 heterocycles. The van der Waals surface area contributed by atoms with Crippen molar-refractivity contribution < 1.29 is 18.0 Å². The molecule has 1 fully saturated rings. The Hall–Kier alpha value is -3.49. The van der Waals surface area contributed by atoms with Crippen LogP contribution >= 0.6 is 0 Å². The van der Waals surface area contributed by atoms with Crippen molar-refractivity contribution in [3.8, 4) is 0 Å². The Balaban J connectivity index is 1.54. The first-order valence-corrected chi connectivity index (χ1v) is 13.1. The van der Waals surface area contributed by atoms with Crippen molar-refractivity contribution in [2.75, 3.05) is 17.2 Å². The van der Waals surface area contributed by atoms with Crippen LogP contribution in [0.25, 0.3) is 0 Å². The summed E-state index contributed by atoms with van der Waals surface area (Å²) in [6.07, 6.45) is 2.67. The molecular formula is C27H29N3O4S.